The largest absolute Gasteiger partial charge is 3.00 e. The summed E-state index contributed by atoms with van der Waals surface area (Å²) < 4.78 is 0. The second-order valence-electron chi connectivity index (χ2n) is 1.12. The fraction of sp³-hybridized carbons (Fsp3) is 0. The molecule has 0 atom stereocenters. The molecule has 0 aliphatic rings. The van der Waals surface area contributed by atoms with E-state index in [-0.39, 0.29) is 39.0 Å². The molecule has 0 aromatic carbocycles. The molecule has 0 aliphatic heterocycles. The predicted molar refractivity (Wildman–Crippen MR) is 58.5 cm³/mol. The summed E-state index contributed by atoms with van der Waals surface area (Å²) in [4.78, 5) is 48.5. The molecule has 0 aromatic rings. The smallest absolute Gasteiger partial charge is 0.577 e. The van der Waals surface area contributed by atoms with Crippen LogP contribution in [0.3, 0.4) is 0 Å². The molecule has 0 amide bonds. The Hall–Kier alpha value is -3.15. The third kappa shape index (κ3) is 604. The molecule has 0 saturated carbocycles. The van der Waals surface area contributed by atoms with Crippen molar-refractivity contribution in [1.29, 1.82) is 0 Å². The summed E-state index contributed by atoms with van der Waals surface area (Å²) in [5.41, 5.74) is 5.75. The number of rotatable bonds is 0. The van der Waals surface area contributed by atoms with Gasteiger partial charge in [-0.25, -0.2) is 0 Å². The van der Waals surface area contributed by atoms with Crippen molar-refractivity contribution in [1.82, 2.24) is 0 Å². The summed E-state index contributed by atoms with van der Waals surface area (Å²) in [7, 11) is 0. The van der Waals surface area contributed by atoms with Crippen LogP contribution in [0.2, 0.25) is 0 Å². The number of nitroso groups, excluding NO2 is 1. The third-order valence-corrected chi connectivity index (χ3v) is 0. The van der Waals surface area contributed by atoms with Crippen LogP contribution in [0.5, 0.6) is 0 Å². The van der Waals surface area contributed by atoms with Gasteiger partial charge in [0.1, 0.15) is 0 Å². The Morgan fingerprint density at radius 3 is 0.375 bits per heavy atom. The van der Waals surface area contributed by atoms with Gasteiger partial charge in [-0.05, 0) is 0 Å². The molecule has 0 rings (SSSR count). The maximum Gasteiger partial charge on any atom is 3.00 e. The number of hydrogen-bond donors (Lipinski definition) is 0. The zero-order chi connectivity index (χ0) is 19.9. The zero-order valence-corrected chi connectivity index (χ0v) is 13.4. The number of hydrogen-bond acceptors (Lipinski definition) is 16. The first kappa shape index (κ1) is 49.8. The van der Waals surface area contributed by atoms with Gasteiger partial charge in [0.25, 0.3) is 0 Å². The Kier molecular flexibility index (Phi) is 104. The molecule has 24 heavy (non-hydrogen) atoms. The molecule has 0 aromatic heterocycles. The van der Waals surface area contributed by atoms with Crippen molar-refractivity contribution in [2.45, 2.75) is 0 Å². The van der Waals surface area contributed by atoms with Crippen molar-refractivity contribution >= 4 is 0 Å². The minimum absolute atomic E-state index is 0. The summed E-state index contributed by atoms with van der Waals surface area (Å²) >= 11 is 0. The van der Waals surface area contributed by atoms with E-state index in [2.05, 4.69) is 0 Å². The molecule has 24 heteroatoms. The van der Waals surface area contributed by atoms with Crippen molar-refractivity contribution in [2.24, 2.45) is 0 Å². The van der Waals surface area contributed by atoms with E-state index in [4.69, 9.17) is 87.1 Å². The Labute approximate surface area is 152 Å². The van der Waals surface area contributed by atoms with E-state index in [1.54, 1.807) is 0 Å². The Morgan fingerprint density at radius 2 is 0.375 bits per heavy atom. The quantitative estimate of drug-likeness (QED) is 0.204. The molecule has 0 saturated heterocycles. The van der Waals surface area contributed by atoms with Crippen LogP contribution in [0.15, 0.2) is 0 Å². The molecule has 0 bridgehead atoms. The Balaban J connectivity index is -0.0000000212. The van der Waals surface area contributed by atoms with Crippen LogP contribution in [-0.2, 0) is 39.0 Å². The molecule has 22 nitrogen and oxygen atoms in total. The molecule has 0 fully saturated rings. The van der Waals surface area contributed by atoms with Crippen LogP contribution >= 0.6 is 0 Å². The molecule has 0 N–H and O–H groups in total. The molecular weight excluding hydrogens is 542 g/mol. The van der Waals surface area contributed by atoms with Crippen molar-refractivity contribution in [3.8, 4) is 0 Å². The van der Waals surface area contributed by atoms with Crippen molar-refractivity contribution in [3.05, 3.63) is 87.1 Å². The van der Waals surface area contributed by atoms with E-state index in [0.29, 0.717) is 0 Å². The monoisotopic (exact) mass is 544 g/mol. The second kappa shape index (κ2) is 50.2. The van der Waals surface area contributed by atoms with Crippen LogP contribution in [0.1, 0.15) is 0 Å². The summed E-state index contributed by atoms with van der Waals surface area (Å²) in [5, 5.41) is 73.8. The fourth-order valence-corrected chi connectivity index (χ4v) is 0. The average molecular weight is 542 g/mol. The maximum atomic E-state index is 8.25. The molecular formula is N6O16Ru2. The van der Waals surface area contributed by atoms with Crippen molar-refractivity contribution in [2.75, 3.05) is 0 Å². The van der Waals surface area contributed by atoms with Gasteiger partial charge >= 0.3 is 39.0 Å². The maximum absolute atomic E-state index is 8.25. The first-order valence-electron chi connectivity index (χ1n) is 2.92. The average Bonchev–Trinajstić information content (AvgIpc) is 2.14. The Bertz CT molecular complexity index is 226. The minimum atomic E-state index is -1.75. The van der Waals surface area contributed by atoms with E-state index in [0.717, 1.165) is 0 Å². The van der Waals surface area contributed by atoms with E-state index in [1.807, 2.05) is 0 Å². The van der Waals surface area contributed by atoms with Gasteiger partial charge in [0.05, 0.1) is 25.4 Å². The normalized spacial score (nSPS) is 5.17. The van der Waals surface area contributed by atoms with Crippen LogP contribution in [0.4, 0.5) is 0 Å². The SMILES string of the molecule is O=[N+]([O-])[O-].O=[N+]([O-])[O-].O=[N+]([O-])[O-].O=[N+]([O-])[O-].O=[N+]([O-])[O-].[N-]=O.[Ru+3].[Ru+3]. The summed E-state index contributed by atoms with van der Waals surface area (Å²) in [6.45, 7) is 0. The van der Waals surface area contributed by atoms with E-state index in [1.165, 1.54) is 0 Å². The van der Waals surface area contributed by atoms with Crippen molar-refractivity contribution in [3.63, 3.8) is 0 Å². The van der Waals surface area contributed by atoms with Crippen molar-refractivity contribution < 1.29 is 64.4 Å². The summed E-state index contributed by atoms with van der Waals surface area (Å²) in [6.07, 6.45) is 0. The van der Waals surface area contributed by atoms with E-state index in [9.17, 15) is 0 Å². The van der Waals surface area contributed by atoms with E-state index < -0.39 is 25.4 Å². The van der Waals surface area contributed by atoms with Crippen LogP contribution in [-0.4, -0.2) is 25.4 Å². The van der Waals surface area contributed by atoms with E-state index >= 15 is 0 Å². The van der Waals surface area contributed by atoms with Crippen LogP contribution < -0.4 is 0 Å². The van der Waals surface area contributed by atoms with Gasteiger partial charge in [0.2, 0.25) is 0 Å². The van der Waals surface area contributed by atoms with Gasteiger partial charge in [0, 0.05) is 0 Å². The number of nitrogens with zero attached hydrogens (tertiary/aromatic N) is 6. The first-order valence-corrected chi connectivity index (χ1v) is 2.92. The zero-order valence-electron chi connectivity index (χ0n) is 9.92. The van der Waals surface area contributed by atoms with Gasteiger partial charge in [0.15, 0.2) is 0 Å². The van der Waals surface area contributed by atoms with Gasteiger partial charge in [-0.1, -0.05) is 0 Å². The molecule has 0 aliphatic carbocycles. The molecule has 142 valence electrons. The van der Waals surface area contributed by atoms with Crippen LogP contribution in [0.25, 0.3) is 5.59 Å². The summed E-state index contributed by atoms with van der Waals surface area (Å²) in [5.74, 6) is 0. The van der Waals surface area contributed by atoms with Gasteiger partial charge < -0.3 is 87.1 Å². The first-order chi connectivity index (χ1) is 9.66. The third-order valence-electron chi connectivity index (χ3n) is 0. The Morgan fingerprint density at radius 1 is 0.375 bits per heavy atom. The summed E-state index contributed by atoms with van der Waals surface area (Å²) in [6, 6.07) is 0. The topological polar surface area (TPSA) is 370 Å². The fourth-order valence-electron chi connectivity index (χ4n) is 0. The molecule has 2 radical (unpaired) electrons. The standard InChI is InChI=1S/5NO3.NO.2Ru/c5*2-1(3)4;1-2;;/q6*-1;2*+3. The predicted octanol–water partition coefficient (Wildman–Crippen LogP) is -0.878. The molecule has 0 spiro atoms. The molecule has 0 unspecified atom stereocenters. The van der Waals surface area contributed by atoms with Gasteiger partial charge in [-0.2, -0.15) is 0 Å². The minimum Gasteiger partial charge on any atom is -0.577 e. The van der Waals surface area contributed by atoms with Gasteiger partial charge in [-0.15, -0.1) is 0 Å². The van der Waals surface area contributed by atoms with Gasteiger partial charge in [-0.3, -0.25) is 0 Å². The second-order valence-corrected chi connectivity index (χ2v) is 1.12. The molecule has 0 heterocycles. The van der Waals surface area contributed by atoms with Crippen LogP contribution in [0, 0.1) is 81.5 Å².